The maximum atomic E-state index is 2.94. The Labute approximate surface area is 541 Å². The fourth-order valence-electron chi connectivity index (χ4n) is 13.6. The molecule has 2 aromatic carbocycles. The van der Waals surface area contributed by atoms with Crippen LogP contribution < -0.4 is 10.4 Å². The molecule has 2 aromatic rings. The molecule has 0 aromatic heterocycles. The van der Waals surface area contributed by atoms with Crippen molar-refractivity contribution in [3.8, 4) is 11.1 Å². The number of aryl methyl sites for hydroxylation is 2. The van der Waals surface area contributed by atoms with Crippen LogP contribution in [-0.2, 0) is 0 Å². The molecule has 0 aliphatic carbocycles. The average Bonchev–Trinajstić information content (AvgIpc) is 1.66. The van der Waals surface area contributed by atoms with E-state index in [1.165, 1.54) is 231 Å². The molecule has 1 aliphatic heterocycles. The van der Waals surface area contributed by atoms with Crippen molar-refractivity contribution in [3.63, 3.8) is 0 Å². The number of nitrogens with zero attached hydrogens (tertiary/aromatic N) is 14. The van der Waals surface area contributed by atoms with Crippen molar-refractivity contribution >= 4 is 18.4 Å². The van der Waals surface area contributed by atoms with Gasteiger partial charge >= 0.3 is 0 Å². The van der Waals surface area contributed by atoms with E-state index in [1.807, 2.05) is 0 Å². The van der Waals surface area contributed by atoms with Crippen molar-refractivity contribution in [2.24, 2.45) is 0 Å². The Balaban J connectivity index is 1.98. The Morgan fingerprint density at radius 3 is 0.552 bits per heavy atom. The van der Waals surface area contributed by atoms with Crippen molar-refractivity contribution in [2.45, 2.75) is 116 Å². The lowest BCUT2D eigenvalue weighted by Crippen LogP contribution is -2.56. The quantitative estimate of drug-likeness (QED) is 0.0612. The van der Waals surface area contributed by atoms with Gasteiger partial charge in [-0.2, -0.15) is 0 Å². The first-order chi connectivity index (χ1) is 41.6. The van der Waals surface area contributed by atoms with Crippen molar-refractivity contribution in [2.75, 3.05) is 283 Å². The minimum absolute atomic E-state index is 1.16. The fourth-order valence-corrected chi connectivity index (χ4v) is 19.2. The summed E-state index contributed by atoms with van der Waals surface area (Å²) in [6.45, 7) is 35.5. The molecule has 14 nitrogen and oxygen atoms in total. The largest absolute Gasteiger partial charge is 0.309 e. The summed E-state index contributed by atoms with van der Waals surface area (Å²) in [5, 5.41) is 3.49. The van der Waals surface area contributed by atoms with E-state index in [1.54, 1.807) is 21.5 Å². The smallest absolute Gasteiger partial charge is 0.119 e. The van der Waals surface area contributed by atoms with Crippen LogP contribution in [0.1, 0.15) is 101 Å². The van der Waals surface area contributed by atoms with Crippen molar-refractivity contribution < 1.29 is 0 Å². The monoisotopic (exact) mass is 1230 g/mol. The Bertz CT molecular complexity index is 1730. The van der Waals surface area contributed by atoms with Crippen LogP contribution >= 0.6 is 0 Å². The lowest BCUT2D eigenvalue weighted by molar-refractivity contribution is 0.195. The van der Waals surface area contributed by atoms with Gasteiger partial charge in [-0.3, -0.25) is 0 Å². The van der Waals surface area contributed by atoms with Gasteiger partial charge in [0.1, 0.15) is 8.07 Å². The molecule has 0 spiro atoms. The van der Waals surface area contributed by atoms with Crippen LogP contribution in [0.15, 0.2) is 36.4 Å². The molecule has 0 bridgehead atoms. The van der Waals surface area contributed by atoms with Gasteiger partial charge in [-0.15, -0.1) is 0 Å². The summed E-state index contributed by atoms with van der Waals surface area (Å²) in [7, 11) is 33.4. The summed E-state index contributed by atoms with van der Waals surface area (Å²) in [4.78, 5) is 35.9. The zero-order valence-electron chi connectivity index (χ0n) is 60.9. The average molecular weight is 1230 g/mol. The Hall–Kier alpha value is -1.90. The molecule has 0 saturated carbocycles. The van der Waals surface area contributed by atoms with E-state index in [0.717, 1.165) is 52.4 Å². The first-order valence-corrected chi connectivity index (χ1v) is 37.7. The molecule has 0 radical (unpaired) electrons. The number of rotatable bonds is 56. The van der Waals surface area contributed by atoms with Crippen LogP contribution in [0.5, 0.6) is 0 Å². The molecule has 506 valence electrons. The maximum absolute atomic E-state index is 2.94. The third-order valence-electron chi connectivity index (χ3n) is 18.3. The van der Waals surface area contributed by atoms with Crippen molar-refractivity contribution in [3.05, 3.63) is 47.5 Å². The second-order valence-electron chi connectivity index (χ2n) is 29.1. The van der Waals surface area contributed by atoms with E-state index >= 15 is 0 Å². The van der Waals surface area contributed by atoms with E-state index in [-0.39, 0.29) is 0 Å². The summed E-state index contributed by atoms with van der Waals surface area (Å²) in [6.07, 6.45) is 17.4. The third-order valence-corrected chi connectivity index (χ3v) is 23.6. The Kier molecular flexibility index (Phi) is 42.1. The van der Waals surface area contributed by atoms with Gasteiger partial charge in [0.05, 0.1) is 0 Å². The van der Waals surface area contributed by atoms with E-state index in [2.05, 4.69) is 232 Å². The van der Waals surface area contributed by atoms with Crippen molar-refractivity contribution in [1.82, 2.24) is 68.6 Å². The fraction of sp³-hybridized carbons (Fsp3) is 0.833. The molecular formula is C72H144N14Si. The predicted molar refractivity (Wildman–Crippen MR) is 388 cm³/mol. The molecule has 0 atom stereocenters. The molecule has 0 N–H and O–H groups in total. The van der Waals surface area contributed by atoms with Gasteiger partial charge < -0.3 is 68.6 Å². The molecule has 0 saturated heterocycles. The van der Waals surface area contributed by atoms with Gasteiger partial charge in [0.25, 0.3) is 0 Å². The summed E-state index contributed by atoms with van der Waals surface area (Å²) >= 11 is 0. The van der Waals surface area contributed by atoms with Crippen LogP contribution in [-0.4, -0.2) is 360 Å². The van der Waals surface area contributed by atoms with Crippen LogP contribution in [0.25, 0.3) is 11.1 Å². The number of fused-ring (bicyclic) bond motifs is 3. The first kappa shape index (κ1) is 79.3. The maximum Gasteiger partial charge on any atom is 0.119 e. The standard InChI is InChI=1S/C72H144N14Si/c1-67-33-35-69-70-36-34-68(2)66-72(70)87(71(69)65-67,63-31-61-85(57-27-53-81(45-19-37-73(3)4)46-20-38-74(5)6)58-28-54-82(47-21-39-75(7)8)48-22-40-76(9)10)64-32-62-86(59-29-55-83(49-23-41-77(11)12)50-24-42-78(13)14)60-30-56-84(51-25-43-79(15)16)52-26-44-80(17)18/h33-36,65-66H,19-32,37-64H2,1-18H3. The van der Waals surface area contributed by atoms with Crippen LogP contribution in [0, 0.1) is 13.8 Å². The van der Waals surface area contributed by atoms with Gasteiger partial charge in [-0.05, 0) is 420 Å². The van der Waals surface area contributed by atoms with Crippen LogP contribution in [0.4, 0.5) is 0 Å². The Morgan fingerprint density at radius 2 is 0.379 bits per heavy atom. The van der Waals surface area contributed by atoms with E-state index in [4.69, 9.17) is 0 Å². The normalized spacial score (nSPS) is 13.7. The van der Waals surface area contributed by atoms with E-state index < -0.39 is 8.07 Å². The lowest BCUT2D eigenvalue weighted by atomic mass is 10.0. The van der Waals surface area contributed by atoms with Gasteiger partial charge in [0.15, 0.2) is 0 Å². The zero-order chi connectivity index (χ0) is 64.0. The molecule has 0 unspecified atom stereocenters. The van der Waals surface area contributed by atoms with E-state index in [0.29, 0.717) is 0 Å². The topological polar surface area (TPSA) is 45.4 Å². The first-order valence-electron chi connectivity index (χ1n) is 35.3. The zero-order valence-corrected chi connectivity index (χ0v) is 61.9. The number of hydrogen-bond donors (Lipinski definition) is 0. The molecule has 15 heteroatoms. The molecule has 1 heterocycles. The number of benzene rings is 2. The summed E-state index contributed by atoms with van der Waals surface area (Å²) in [5.74, 6) is 0. The second kappa shape index (κ2) is 46.2. The van der Waals surface area contributed by atoms with Crippen LogP contribution in [0.3, 0.4) is 0 Å². The predicted octanol–water partition coefficient (Wildman–Crippen LogP) is 7.61. The second-order valence-corrected chi connectivity index (χ2v) is 33.3. The molecule has 0 amide bonds. The molecule has 0 fully saturated rings. The van der Waals surface area contributed by atoms with Gasteiger partial charge in [-0.25, -0.2) is 0 Å². The van der Waals surface area contributed by atoms with Gasteiger partial charge in [-0.1, -0.05) is 47.5 Å². The molecule has 3 rings (SSSR count). The minimum atomic E-state index is -2.18. The highest BCUT2D eigenvalue weighted by Crippen LogP contribution is 2.35. The highest BCUT2D eigenvalue weighted by atomic mass is 28.3. The van der Waals surface area contributed by atoms with Gasteiger partial charge in [0, 0.05) is 0 Å². The molecule has 87 heavy (non-hydrogen) atoms. The highest BCUT2D eigenvalue weighted by Gasteiger charge is 2.44. The lowest BCUT2D eigenvalue weighted by Gasteiger charge is -2.33. The molecule has 1 aliphatic rings. The van der Waals surface area contributed by atoms with Crippen molar-refractivity contribution in [1.29, 1.82) is 0 Å². The summed E-state index contributed by atoms with van der Waals surface area (Å²) < 4.78 is 0. The summed E-state index contributed by atoms with van der Waals surface area (Å²) in [5.41, 5.74) is 5.97. The number of hydrogen-bond acceptors (Lipinski definition) is 14. The minimum Gasteiger partial charge on any atom is -0.309 e. The molecular weight excluding hydrogens is 1090 g/mol. The third kappa shape index (κ3) is 35.6. The Morgan fingerprint density at radius 1 is 0.218 bits per heavy atom. The van der Waals surface area contributed by atoms with Crippen LogP contribution in [0.2, 0.25) is 12.1 Å². The van der Waals surface area contributed by atoms with Gasteiger partial charge in [0.2, 0.25) is 0 Å². The SMILES string of the molecule is Cc1ccc2c(c1)[Si](CCCN(CCCN(CCCN(C)C)CCCN(C)C)CCCN(CCCN(C)C)CCCN(C)C)(CCCN(CCCN(CCCN(C)C)CCCN(C)C)CCCN(CCCN(C)C)CCCN(C)C)c1cc(C)ccc1-2. The van der Waals surface area contributed by atoms with E-state index in [9.17, 15) is 0 Å². The highest BCUT2D eigenvalue weighted by molar-refractivity contribution is 7.05. The summed E-state index contributed by atoms with van der Waals surface area (Å²) in [6, 6.07) is 17.9.